The van der Waals surface area contributed by atoms with Crippen LogP contribution in [0.5, 0.6) is 5.75 Å². The second kappa shape index (κ2) is 9.37. The molecule has 0 saturated heterocycles. The Morgan fingerprint density at radius 2 is 1.89 bits per heavy atom. The van der Waals surface area contributed by atoms with Crippen LogP contribution in [-0.4, -0.2) is 25.1 Å². The molecule has 0 aliphatic carbocycles. The predicted octanol–water partition coefficient (Wildman–Crippen LogP) is 4.47. The van der Waals surface area contributed by atoms with Crippen LogP contribution < -0.4 is 10.1 Å². The molecular formula is C20H21ClFNO4. The number of carbonyl (C=O) groups is 2. The number of carbonyl (C=O) groups excluding carboxylic acids is 2. The average molecular weight is 394 g/mol. The van der Waals surface area contributed by atoms with Crippen molar-refractivity contribution in [2.45, 2.75) is 26.7 Å². The number of hydrogen-bond donors (Lipinski definition) is 1. The number of anilines is 1. The number of ether oxygens (including phenoxy) is 2. The summed E-state index contributed by atoms with van der Waals surface area (Å²) in [4.78, 5) is 23.5. The maximum atomic E-state index is 13.0. The molecule has 0 unspecified atom stereocenters. The molecule has 2 rings (SSSR count). The topological polar surface area (TPSA) is 64.6 Å². The van der Waals surface area contributed by atoms with Crippen molar-refractivity contribution < 1.29 is 23.5 Å². The van der Waals surface area contributed by atoms with E-state index in [9.17, 15) is 14.0 Å². The first kappa shape index (κ1) is 20.7. The van der Waals surface area contributed by atoms with Gasteiger partial charge >= 0.3 is 5.97 Å². The Kier molecular flexibility index (Phi) is 7.19. The summed E-state index contributed by atoms with van der Waals surface area (Å²) < 4.78 is 23.2. The molecule has 0 aliphatic heterocycles. The van der Waals surface area contributed by atoms with Gasteiger partial charge in [0, 0.05) is 0 Å². The molecule has 2 aromatic rings. The van der Waals surface area contributed by atoms with E-state index in [4.69, 9.17) is 21.1 Å². The minimum Gasteiger partial charge on any atom is -0.482 e. The number of amides is 1. The lowest BCUT2D eigenvalue weighted by Crippen LogP contribution is -2.23. The molecule has 7 heteroatoms. The molecule has 2 aromatic carbocycles. The Balaban J connectivity index is 1.79. The maximum absolute atomic E-state index is 13.0. The quantitative estimate of drug-likeness (QED) is 0.705. The summed E-state index contributed by atoms with van der Waals surface area (Å²) in [6.45, 7) is 5.37. The third kappa shape index (κ3) is 6.25. The fourth-order valence-corrected chi connectivity index (χ4v) is 2.71. The highest BCUT2D eigenvalue weighted by atomic mass is 35.5. The Hall–Kier alpha value is -2.60. The van der Waals surface area contributed by atoms with Crippen molar-refractivity contribution in [3.8, 4) is 5.75 Å². The van der Waals surface area contributed by atoms with Gasteiger partial charge in [-0.2, -0.15) is 0 Å². The zero-order valence-corrected chi connectivity index (χ0v) is 16.1. The van der Waals surface area contributed by atoms with Gasteiger partial charge in [0.15, 0.2) is 13.2 Å². The van der Waals surface area contributed by atoms with E-state index in [1.807, 2.05) is 19.1 Å². The minimum absolute atomic E-state index is 0.0539. The Bertz CT molecular complexity index is 839. The van der Waals surface area contributed by atoms with E-state index in [1.54, 1.807) is 6.07 Å². The Morgan fingerprint density at radius 1 is 1.15 bits per heavy atom. The molecule has 5 nitrogen and oxygen atoms in total. The number of nitrogens with one attached hydrogen (secondary N) is 1. The molecule has 1 N–H and O–H groups in total. The second-order valence-electron chi connectivity index (χ2n) is 6.29. The zero-order chi connectivity index (χ0) is 20.0. The molecule has 0 saturated carbocycles. The Morgan fingerprint density at radius 3 is 2.52 bits per heavy atom. The van der Waals surface area contributed by atoms with Gasteiger partial charge in [0.2, 0.25) is 0 Å². The van der Waals surface area contributed by atoms with Gasteiger partial charge in [-0.05, 0) is 54.3 Å². The predicted molar refractivity (Wildman–Crippen MR) is 102 cm³/mol. The van der Waals surface area contributed by atoms with Gasteiger partial charge < -0.3 is 14.8 Å². The molecule has 1 amide bonds. The molecule has 27 heavy (non-hydrogen) atoms. The van der Waals surface area contributed by atoms with Crippen LogP contribution in [0.2, 0.25) is 5.02 Å². The van der Waals surface area contributed by atoms with E-state index in [2.05, 4.69) is 19.2 Å². The van der Waals surface area contributed by atoms with Gasteiger partial charge in [-0.25, -0.2) is 9.18 Å². The number of rotatable bonds is 7. The van der Waals surface area contributed by atoms with Crippen LogP contribution in [0.4, 0.5) is 10.1 Å². The fraction of sp³-hybridized carbons (Fsp3) is 0.300. The molecule has 0 aromatic heterocycles. The van der Waals surface area contributed by atoms with Crippen LogP contribution in [0, 0.1) is 12.7 Å². The van der Waals surface area contributed by atoms with E-state index < -0.39 is 24.3 Å². The molecule has 0 aliphatic rings. The van der Waals surface area contributed by atoms with Crippen molar-refractivity contribution in [3.63, 3.8) is 0 Å². The molecule has 0 heterocycles. The molecule has 0 radical (unpaired) electrons. The summed E-state index contributed by atoms with van der Waals surface area (Å²) >= 11 is 5.81. The summed E-state index contributed by atoms with van der Waals surface area (Å²) in [6.07, 6.45) is 0. The van der Waals surface area contributed by atoms with Gasteiger partial charge in [0.1, 0.15) is 11.6 Å². The summed E-state index contributed by atoms with van der Waals surface area (Å²) in [7, 11) is 0. The zero-order valence-electron chi connectivity index (χ0n) is 15.3. The number of esters is 1. The fourth-order valence-electron chi connectivity index (χ4n) is 2.49. The van der Waals surface area contributed by atoms with E-state index >= 15 is 0 Å². The summed E-state index contributed by atoms with van der Waals surface area (Å²) in [6, 6.07) is 9.16. The van der Waals surface area contributed by atoms with E-state index in [0.717, 1.165) is 17.7 Å². The number of aryl methyl sites for hydroxylation is 1. The van der Waals surface area contributed by atoms with Gasteiger partial charge in [-0.1, -0.05) is 31.5 Å². The number of benzene rings is 2. The van der Waals surface area contributed by atoms with Crippen LogP contribution >= 0.6 is 11.6 Å². The van der Waals surface area contributed by atoms with Crippen LogP contribution in [0.3, 0.4) is 0 Å². The minimum atomic E-state index is -0.680. The van der Waals surface area contributed by atoms with Gasteiger partial charge in [0.05, 0.1) is 10.7 Å². The third-order valence-corrected chi connectivity index (χ3v) is 4.10. The van der Waals surface area contributed by atoms with Crippen LogP contribution in [-0.2, 0) is 14.3 Å². The maximum Gasteiger partial charge on any atom is 0.344 e. The van der Waals surface area contributed by atoms with Crippen molar-refractivity contribution in [1.82, 2.24) is 0 Å². The Labute approximate surface area is 162 Å². The largest absolute Gasteiger partial charge is 0.482 e. The first-order chi connectivity index (χ1) is 12.8. The van der Waals surface area contributed by atoms with Crippen molar-refractivity contribution in [2.75, 3.05) is 18.5 Å². The molecule has 0 bridgehead atoms. The first-order valence-electron chi connectivity index (χ1n) is 8.40. The highest BCUT2D eigenvalue weighted by Crippen LogP contribution is 2.24. The molecule has 0 spiro atoms. The van der Waals surface area contributed by atoms with Gasteiger partial charge in [-0.3, -0.25) is 4.79 Å². The monoisotopic (exact) mass is 393 g/mol. The first-order valence-corrected chi connectivity index (χ1v) is 8.78. The van der Waals surface area contributed by atoms with Crippen LogP contribution in [0.1, 0.15) is 30.9 Å². The standard InChI is InChI=1S/C20H21ClFNO4/c1-12(2)16-6-5-15(8-13(16)3)26-11-20(25)27-10-19(24)23-18-7-4-14(22)9-17(18)21/h4-9,12H,10-11H2,1-3H3,(H,23,24). The SMILES string of the molecule is Cc1cc(OCC(=O)OCC(=O)Nc2ccc(F)cc2Cl)ccc1C(C)C. The van der Waals surface area contributed by atoms with Gasteiger partial charge in [-0.15, -0.1) is 0 Å². The normalized spacial score (nSPS) is 10.6. The smallest absolute Gasteiger partial charge is 0.344 e. The lowest BCUT2D eigenvalue weighted by atomic mass is 9.98. The summed E-state index contributed by atoms with van der Waals surface area (Å²) in [5.41, 5.74) is 2.52. The third-order valence-electron chi connectivity index (χ3n) is 3.79. The van der Waals surface area contributed by atoms with E-state index in [-0.39, 0.29) is 17.3 Å². The summed E-state index contributed by atoms with van der Waals surface area (Å²) in [5.74, 6) is -0.832. The molecule has 0 atom stereocenters. The van der Waals surface area contributed by atoms with E-state index in [1.165, 1.54) is 11.6 Å². The van der Waals surface area contributed by atoms with E-state index in [0.29, 0.717) is 11.7 Å². The van der Waals surface area contributed by atoms with Crippen molar-refractivity contribution in [1.29, 1.82) is 0 Å². The van der Waals surface area contributed by atoms with Crippen molar-refractivity contribution in [2.24, 2.45) is 0 Å². The number of hydrogen-bond acceptors (Lipinski definition) is 4. The average Bonchev–Trinajstić information content (AvgIpc) is 2.60. The summed E-state index contributed by atoms with van der Waals surface area (Å²) in [5, 5.41) is 2.49. The van der Waals surface area contributed by atoms with Crippen LogP contribution in [0.15, 0.2) is 36.4 Å². The lowest BCUT2D eigenvalue weighted by Gasteiger charge is -2.12. The molecular weight excluding hydrogens is 373 g/mol. The molecule has 144 valence electrons. The molecule has 0 fully saturated rings. The van der Waals surface area contributed by atoms with Crippen molar-refractivity contribution >= 4 is 29.2 Å². The lowest BCUT2D eigenvalue weighted by molar-refractivity contribution is -0.149. The van der Waals surface area contributed by atoms with Crippen molar-refractivity contribution in [3.05, 3.63) is 58.4 Å². The van der Waals surface area contributed by atoms with Gasteiger partial charge in [0.25, 0.3) is 5.91 Å². The highest BCUT2D eigenvalue weighted by Gasteiger charge is 2.11. The highest BCUT2D eigenvalue weighted by molar-refractivity contribution is 6.33. The number of halogens is 2. The second-order valence-corrected chi connectivity index (χ2v) is 6.70. The van der Waals surface area contributed by atoms with Crippen LogP contribution in [0.25, 0.3) is 0 Å².